The van der Waals surface area contributed by atoms with Crippen LogP contribution < -0.4 is 11.1 Å². The Balaban J connectivity index is 0.00000400. The van der Waals surface area contributed by atoms with E-state index >= 15 is 0 Å². The van der Waals surface area contributed by atoms with Crippen molar-refractivity contribution < 1.29 is 9.32 Å². The molecule has 0 bridgehead atoms. The zero-order valence-corrected chi connectivity index (χ0v) is 14.6. The molecule has 0 aliphatic carbocycles. The topological polar surface area (TPSA) is 81.2 Å². The molecule has 0 radical (unpaired) electrons. The summed E-state index contributed by atoms with van der Waals surface area (Å²) in [5, 5.41) is 7.05. The van der Waals surface area contributed by atoms with Crippen molar-refractivity contribution in [2.75, 3.05) is 6.54 Å². The van der Waals surface area contributed by atoms with E-state index in [4.69, 9.17) is 21.9 Å². The van der Waals surface area contributed by atoms with Gasteiger partial charge in [-0.15, -0.1) is 12.4 Å². The van der Waals surface area contributed by atoms with E-state index in [0.717, 1.165) is 17.7 Å². The van der Waals surface area contributed by atoms with Crippen molar-refractivity contribution in [1.82, 2.24) is 10.5 Å². The second-order valence-electron chi connectivity index (χ2n) is 5.93. The summed E-state index contributed by atoms with van der Waals surface area (Å²) in [5.74, 6) is 0.439. The van der Waals surface area contributed by atoms with Crippen LogP contribution in [0.25, 0.3) is 0 Å². The molecular formula is C14H25Cl2N3O2. The van der Waals surface area contributed by atoms with Crippen LogP contribution in [0.2, 0.25) is 5.22 Å². The number of halogens is 2. The maximum Gasteiger partial charge on any atom is 0.229 e. The SMILES string of the molecule is Cc1noc(Cl)c1CCC(=O)NC(C)(CN)CC(C)C.Cl. The maximum atomic E-state index is 12.1. The Morgan fingerprint density at radius 3 is 2.57 bits per heavy atom. The van der Waals surface area contributed by atoms with Gasteiger partial charge in [-0.1, -0.05) is 19.0 Å². The van der Waals surface area contributed by atoms with Crippen LogP contribution in [0.3, 0.4) is 0 Å². The molecule has 0 aliphatic heterocycles. The van der Waals surface area contributed by atoms with Crippen molar-refractivity contribution in [3.63, 3.8) is 0 Å². The van der Waals surface area contributed by atoms with Crippen molar-refractivity contribution in [3.8, 4) is 0 Å². The molecular weight excluding hydrogens is 313 g/mol. The molecule has 1 unspecified atom stereocenters. The quantitative estimate of drug-likeness (QED) is 0.801. The highest BCUT2D eigenvalue weighted by Gasteiger charge is 2.26. The molecule has 1 atom stereocenters. The lowest BCUT2D eigenvalue weighted by atomic mass is 9.90. The van der Waals surface area contributed by atoms with Gasteiger partial charge in [0, 0.05) is 24.1 Å². The van der Waals surface area contributed by atoms with Gasteiger partial charge in [-0.05, 0) is 44.2 Å². The van der Waals surface area contributed by atoms with E-state index in [1.807, 2.05) is 13.8 Å². The molecule has 0 spiro atoms. The van der Waals surface area contributed by atoms with E-state index in [1.54, 1.807) is 0 Å². The normalized spacial score (nSPS) is 13.7. The highest BCUT2D eigenvalue weighted by atomic mass is 35.5. The number of aromatic nitrogens is 1. The van der Waals surface area contributed by atoms with Crippen LogP contribution in [-0.4, -0.2) is 23.1 Å². The molecule has 0 fully saturated rings. The number of nitrogens with one attached hydrogen (secondary N) is 1. The number of aryl methyl sites for hydroxylation is 1. The Labute approximate surface area is 137 Å². The summed E-state index contributed by atoms with van der Waals surface area (Å²) >= 11 is 5.88. The molecule has 0 saturated carbocycles. The molecule has 7 heteroatoms. The lowest BCUT2D eigenvalue weighted by Crippen LogP contribution is -2.52. The number of carbonyl (C=O) groups excluding carboxylic acids is 1. The fourth-order valence-electron chi connectivity index (χ4n) is 2.36. The molecule has 21 heavy (non-hydrogen) atoms. The molecule has 1 rings (SSSR count). The molecule has 122 valence electrons. The first kappa shape index (κ1) is 20.2. The van der Waals surface area contributed by atoms with Crippen molar-refractivity contribution in [3.05, 3.63) is 16.5 Å². The van der Waals surface area contributed by atoms with E-state index < -0.39 is 0 Å². The number of amides is 1. The fraction of sp³-hybridized carbons (Fsp3) is 0.714. The van der Waals surface area contributed by atoms with Gasteiger partial charge in [0.05, 0.1) is 5.69 Å². The van der Waals surface area contributed by atoms with Crippen LogP contribution in [0.1, 0.15) is 44.9 Å². The van der Waals surface area contributed by atoms with Crippen LogP contribution in [0.15, 0.2) is 4.52 Å². The van der Waals surface area contributed by atoms with Gasteiger partial charge in [0.25, 0.3) is 0 Å². The zero-order valence-electron chi connectivity index (χ0n) is 13.0. The Kier molecular flexibility index (Phi) is 8.29. The number of nitrogens with two attached hydrogens (primary N) is 1. The summed E-state index contributed by atoms with van der Waals surface area (Å²) in [7, 11) is 0. The van der Waals surface area contributed by atoms with Gasteiger partial charge < -0.3 is 15.6 Å². The Bertz CT molecular complexity index is 444. The molecule has 1 heterocycles. The molecule has 0 aliphatic rings. The van der Waals surface area contributed by atoms with E-state index in [1.165, 1.54) is 0 Å². The maximum absolute atomic E-state index is 12.1. The lowest BCUT2D eigenvalue weighted by molar-refractivity contribution is -0.122. The Morgan fingerprint density at radius 2 is 2.14 bits per heavy atom. The van der Waals surface area contributed by atoms with Crippen LogP contribution in [-0.2, 0) is 11.2 Å². The summed E-state index contributed by atoms with van der Waals surface area (Å²) in [4.78, 5) is 12.1. The molecule has 1 aromatic rings. The van der Waals surface area contributed by atoms with Gasteiger partial charge in [0.15, 0.2) is 0 Å². The number of carbonyl (C=O) groups is 1. The van der Waals surface area contributed by atoms with E-state index in [-0.39, 0.29) is 29.1 Å². The molecule has 1 aromatic heterocycles. The summed E-state index contributed by atoms with van der Waals surface area (Å²) in [5.41, 5.74) is 6.94. The molecule has 0 saturated heterocycles. The summed E-state index contributed by atoms with van der Waals surface area (Å²) in [6.45, 7) is 8.43. The number of rotatable bonds is 7. The second-order valence-corrected chi connectivity index (χ2v) is 6.27. The zero-order chi connectivity index (χ0) is 15.3. The van der Waals surface area contributed by atoms with Crippen molar-refractivity contribution in [1.29, 1.82) is 0 Å². The first-order valence-electron chi connectivity index (χ1n) is 6.89. The lowest BCUT2D eigenvalue weighted by Gasteiger charge is -2.31. The van der Waals surface area contributed by atoms with Gasteiger partial charge >= 0.3 is 0 Å². The third kappa shape index (κ3) is 6.24. The monoisotopic (exact) mass is 337 g/mol. The average molecular weight is 338 g/mol. The minimum atomic E-state index is -0.362. The predicted molar refractivity (Wildman–Crippen MR) is 86.9 cm³/mol. The largest absolute Gasteiger partial charge is 0.350 e. The van der Waals surface area contributed by atoms with Crippen molar-refractivity contribution in [2.45, 2.75) is 52.5 Å². The highest BCUT2D eigenvalue weighted by molar-refractivity contribution is 6.29. The van der Waals surface area contributed by atoms with E-state index in [9.17, 15) is 4.79 Å². The Hall–Kier alpha value is -0.780. The summed E-state index contributed by atoms with van der Waals surface area (Å²) in [6, 6.07) is 0. The molecule has 3 N–H and O–H groups in total. The third-order valence-electron chi connectivity index (χ3n) is 3.29. The fourth-order valence-corrected chi connectivity index (χ4v) is 2.63. The van der Waals surface area contributed by atoms with Gasteiger partial charge in [-0.2, -0.15) is 0 Å². The van der Waals surface area contributed by atoms with Gasteiger partial charge in [0.2, 0.25) is 11.1 Å². The summed E-state index contributed by atoms with van der Waals surface area (Å²) < 4.78 is 4.87. The first-order chi connectivity index (χ1) is 9.27. The predicted octanol–water partition coefficient (Wildman–Crippen LogP) is 2.87. The smallest absolute Gasteiger partial charge is 0.229 e. The molecule has 0 aromatic carbocycles. The molecule has 5 nitrogen and oxygen atoms in total. The van der Waals surface area contributed by atoms with Crippen LogP contribution in [0.4, 0.5) is 0 Å². The third-order valence-corrected chi connectivity index (χ3v) is 3.59. The van der Waals surface area contributed by atoms with Crippen molar-refractivity contribution >= 4 is 29.9 Å². The first-order valence-corrected chi connectivity index (χ1v) is 7.27. The van der Waals surface area contributed by atoms with Crippen LogP contribution >= 0.6 is 24.0 Å². The highest BCUT2D eigenvalue weighted by Crippen LogP contribution is 2.21. The van der Waals surface area contributed by atoms with Gasteiger partial charge in [-0.25, -0.2) is 0 Å². The van der Waals surface area contributed by atoms with E-state index in [2.05, 4.69) is 24.3 Å². The molecule has 1 amide bonds. The van der Waals surface area contributed by atoms with Gasteiger partial charge in [0.1, 0.15) is 0 Å². The Morgan fingerprint density at radius 1 is 1.52 bits per heavy atom. The average Bonchev–Trinajstić information content (AvgIpc) is 2.65. The number of nitrogens with zero attached hydrogens (tertiary/aromatic N) is 1. The second kappa shape index (κ2) is 8.61. The van der Waals surface area contributed by atoms with Gasteiger partial charge in [-0.3, -0.25) is 4.79 Å². The van der Waals surface area contributed by atoms with Crippen LogP contribution in [0.5, 0.6) is 0 Å². The number of hydrogen-bond acceptors (Lipinski definition) is 4. The number of hydrogen-bond donors (Lipinski definition) is 2. The van der Waals surface area contributed by atoms with E-state index in [0.29, 0.717) is 25.3 Å². The van der Waals surface area contributed by atoms with Crippen molar-refractivity contribution in [2.24, 2.45) is 11.7 Å². The minimum absolute atomic E-state index is 0. The minimum Gasteiger partial charge on any atom is -0.350 e. The van der Waals surface area contributed by atoms with Crippen LogP contribution in [0, 0.1) is 12.8 Å². The summed E-state index contributed by atoms with van der Waals surface area (Å²) in [6.07, 6.45) is 1.71. The standard InChI is InChI=1S/C14H24ClN3O2.ClH/c1-9(2)7-14(4,8-16)17-12(19)6-5-11-10(3)18-20-13(11)15;/h9H,5-8,16H2,1-4H3,(H,17,19);1H.